The van der Waals surface area contributed by atoms with E-state index < -0.39 is 18.0 Å². The first-order valence-electron chi connectivity index (χ1n) is 12.6. The third-order valence-corrected chi connectivity index (χ3v) is 6.27. The first-order valence-corrected chi connectivity index (χ1v) is 12.6. The maximum atomic E-state index is 13.5. The SMILES string of the molecule is CC(C)[C@H]1NC(=O)CC[C@@H](C(=O)N2C[C@@H](C)O[C@@H](C)C2)NC(=O)c2ccccc2OC[C@H](C)NC1=O. The molecule has 0 spiro atoms. The van der Waals surface area contributed by atoms with Crippen LogP contribution in [0.3, 0.4) is 0 Å². The standard InChI is InChI=1S/C26H38N4O6/c1-15(2)23-25(33)27-16(3)14-35-21-9-7-6-8-19(21)24(32)28-20(10-11-22(31)29-23)26(34)30-12-17(4)36-18(5)13-30/h6-9,15-18,20,23H,10-14H2,1-5H3,(H,27,33)(H,28,32)(H,29,31)/t16-,17-,18+,20-,23+/m0/s1. The number of carbonyl (C=O) groups excluding carboxylic acids is 4. The Labute approximate surface area is 212 Å². The summed E-state index contributed by atoms with van der Waals surface area (Å²) in [5.74, 6) is -1.21. The van der Waals surface area contributed by atoms with Crippen molar-refractivity contribution in [2.24, 2.45) is 5.92 Å². The molecule has 0 saturated carbocycles. The van der Waals surface area contributed by atoms with Crippen LogP contribution in [0.1, 0.15) is 57.8 Å². The highest BCUT2D eigenvalue weighted by atomic mass is 16.5. The summed E-state index contributed by atoms with van der Waals surface area (Å²) in [6.07, 6.45) is -0.223. The molecule has 0 aliphatic carbocycles. The second-order valence-electron chi connectivity index (χ2n) is 10.1. The van der Waals surface area contributed by atoms with Crippen LogP contribution in [0.2, 0.25) is 0 Å². The van der Waals surface area contributed by atoms with Gasteiger partial charge in [0, 0.05) is 19.5 Å². The fourth-order valence-electron chi connectivity index (χ4n) is 4.50. The lowest BCUT2D eigenvalue weighted by atomic mass is 10.0. The van der Waals surface area contributed by atoms with Gasteiger partial charge in [-0.25, -0.2) is 0 Å². The van der Waals surface area contributed by atoms with Crippen molar-refractivity contribution in [2.75, 3.05) is 19.7 Å². The van der Waals surface area contributed by atoms with Crippen LogP contribution in [0.15, 0.2) is 24.3 Å². The Bertz CT molecular complexity index is 958. The second-order valence-corrected chi connectivity index (χ2v) is 10.1. The maximum absolute atomic E-state index is 13.5. The summed E-state index contributed by atoms with van der Waals surface area (Å²) in [6.45, 7) is 10.2. The van der Waals surface area contributed by atoms with Crippen molar-refractivity contribution < 1.29 is 28.7 Å². The zero-order valence-corrected chi connectivity index (χ0v) is 21.7. The number of ether oxygens (including phenoxy) is 2. The maximum Gasteiger partial charge on any atom is 0.255 e. The van der Waals surface area contributed by atoms with Crippen LogP contribution in [0.5, 0.6) is 5.75 Å². The molecule has 2 aliphatic rings. The highest BCUT2D eigenvalue weighted by molar-refractivity contribution is 6.00. The van der Waals surface area contributed by atoms with Crippen molar-refractivity contribution in [3.05, 3.63) is 29.8 Å². The molecule has 5 atom stereocenters. The minimum atomic E-state index is -0.927. The van der Waals surface area contributed by atoms with E-state index in [1.165, 1.54) is 0 Å². The second kappa shape index (κ2) is 12.2. The number of morpholine rings is 1. The Kier molecular flexibility index (Phi) is 9.31. The zero-order valence-electron chi connectivity index (χ0n) is 21.7. The van der Waals surface area contributed by atoms with E-state index in [2.05, 4.69) is 16.0 Å². The third-order valence-electron chi connectivity index (χ3n) is 6.27. The predicted octanol–water partition coefficient (Wildman–Crippen LogP) is 1.24. The van der Waals surface area contributed by atoms with Crippen molar-refractivity contribution in [1.29, 1.82) is 0 Å². The van der Waals surface area contributed by atoms with Crippen LogP contribution in [0, 0.1) is 5.92 Å². The normalized spacial score (nSPS) is 28.6. The van der Waals surface area contributed by atoms with E-state index in [1.807, 2.05) is 27.7 Å². The van der Waals surface area contributed by atoms with Crippen LogP contribution in [-0.4, -0.2) is 78.6 Å². The number of hydrogen-bond acceptors (Lipinski definition) is 6. The minimum Gasteiger partial charge on any atom is -0.491 e. The fraction of sp³-hybridized carbons (Fsp3) is 0.615. The quantitative estimate of drug-likeness (QED) is 0.559. The first kappa shape index (κ1) is 27.4. The molecule has 10 nitrogen and oxygen atoms in total. The van der Waals surface area contributed by atoms with E-state index in [9.17, 15) is 19.2 Å². The molecule has 1 aromatic carbocycles. The largest absolute Gasteiger partial charge is 0.491 e. The lowest BCUT2D eigenvalue weighted by molar-refractivity contribution is -0.145. The minimum absolute atomic E-state index is 0.0314. The summed E-state index contributed by atoms with van der Waals surface area (Å²) < 4.78 is 11.6. The Morgan fingerprint density at radius 2 is 1.67 bits per heavy atom. The first-order chi connectivity index (χ1) is 17.0. The topological polar surface area (TPSA) is 126 Å². The van der Waals surface area contributed by atoms with Gasteiger partial charge in [-0.15, -0.1) is 0 Å². The van der Waals surface area contributed by atoms with Gasteiger partial charge in [0.25, 0.3) is 5.91 Å². The van der Waals surface area contributed by atoms with Crippen LogP contribution < -0.4 is 20.7 Å². The van der Waals surface area contributed by atoms with Gasteiger partial charge in [-0.05, 0) is 45.2 Å². The Morgan fingerprint density at radius 1 is 1.00 bits per heavy atom. The molecule has 1 aromatic rings. The van der Waals surface area contributed by atoms with E-state index in [1.54, 1.807) is 36.1 Å². The molecule has 3 N–H and O–H groups in total. The summed E-state index contributed by atoms with van der Waals surface area (Å²) in [6, 6.07) is 4.73. The number of fused-ring (bicyclic) bond motifs is 1. The number of nitrogens with one attached hydrogen (secondary N) is 3. The number of carbonyl (C=O) groups is 4. The number of nitrogens with zero attached hydrogens (tertiary/aromatic N) is 1. The molecule has 36 heavy (non-hydrogen) atoms. The Hall–Kier alpha value is -3.14. The molecule has 0 aromatic heterocycles. The number of hydrogen-bond donors (Lipinski definition) is 3. The van der Waals surface area contributed by atoms with Gasteiger partial charge in [-0.2, -0.15) is 0 Å². The van der Waals surface area contributed by atoms with Crippen LogP contribution >= 0.6 is 0 Å². The zero-order chi connectivity index (χ0) is 26.4. The molecule has 198 valence electrons. The average Bonchev–Trinajstić information content (AvgIpc) is 2.82. The van der Waals surface area contributed by atoms with Crippen molar-refractivity contribution in [2.45, 2.75) is 77.8 Å². The van der Waals surface area contributed by atoms with Gasteiger partial charge in [0.15, 0.2) is 0 Å². The van der Waals surface area contributed by atoms with Gasteiger partial charge in [-0.1, -0.05) is 26.0 Å². The van der Waals surface area contributed by atoms with Crippen LogP contribution in [0.4, 0.5) is 0 Å². The van der Waals surface area contributed by atoms with Gasteiger partial charge in [0.1, 0.15) is 24.4 Å². The summed E-state index contributed by atoms with van der Waals surface area (Å²) in [5.41, 5.74) is 0.275. The molecule has 4 amide bonds. The van der Waals surface area contributed by atoms with E-state index >= 15 is 0 Å². The third kappa shape index (κ3) is 7.19. The highest BCUT2D eigenvalue weighted by Crippen LogP contribution is 2.20. The molecule has 3 rings (SSSR count). The molecule has 0 radical (unpaired) electrons. The van der Waals surface area contributed by atoms with Gasteiger partial charge >= 0.3 is 0 Å². The fourth-order valence-corrected chi connectivity index (χ4v) is 4.50. The van der Waals surface area contributed by atoms with Crippen molar-refractivity contribution >= 4 is 23.6 Å². The predicted molar refractivity (Wildman–Crippen MR) is 133 cm³/mol. The smallest absolute Gasteiger partial charge is 0.255 e. The summed E-state index contributed by atoms with van der Waals surface area (Å²) in [4.78, 5) is 54.1. The monoisotopic (exact) mass is 502 g/mol. The van der Waals surface area contributed by atoms with Crippen LogP contribution in [0.25, 0.3) is 0 Å². The Balaban J connectivity index is 1.90. The molecule has 0 unspecified atom stereocenters. The van der Waals surface area contributed by atoms with Gasteiger partial charge < -0.3 is 30.3 Å². The molecule has 10 heteroatoms. The summed E-state index contributed by atoms with van der Waals surface area (Å²) in [5, 5.41) is 8.49. The number of benzene rings is 1. The lowest BCUT2D eigenvalue weighted by Gasteiger charge is -2.37. The summed E-state index contributed by atoms with van der Waals surface area (Å²) in [7, 11) is 0. The molecule has 2 heterocycles. The van der Waals surface area contributed by atoms with E-state index in [4.69, 9.17) is 9.47 Å². The molecule has 1 fully saturated rings. The molecular formula is C26H38N4O6. The number of amides is 4. The number of rotatable bonds is 2. The van der Waals surface area contributed by atoms with E-state index in [0.717, 1.165) is 0 Å². The van der Waals surface area contributed by atoms with E-state index in [0.29, 0.717) is 18.8 Å². The van der Waals surface area contributed by atoms with Gasteiger partial charge in [0.05, 0.1) is 23.8 Å². The van der Waals surface area contributed by atoms with Gasteiger partial charge in [0.2, 0.25) is 17.7 Å². The molecule has 0 bridgehead atoms. The van der Waals surface area contributed by atoms with Crippen molar-refractivity contribution in [3.8, 4) is 5.75 Å². The molecule has 1 saturated heterocycles. The van der Waals surface area contributed by atoms with Crippen molar-refractivity contribution in [3.63, 3.8) is 0 Å². The van der Waals surface area contributed by atoms with Crippen LogP contribution in [-0.2, 0) is 19.1 Å². The Morgan fingerprint density at radius 3 is 2.33 bits per heavy atom. The molecular weight excluding hydrogens is 464 g/mol. The van der Waals surface area contributed by atoms with Crippen molar-refractivity contribution in [1.82, 2.24) is 20.9 Å². The lowest BCUT2D eigenvalue weighted by Crippen LogP contribution is -2.55. The van der Waals surface area contributed by atoms with Gasteiger partial charge in [-0.3, -0.25) is 19.2 Å². The average molecular weight is 503 g/mol. The van der Waals surface area contributed by atoms with E-state index in [-0.39, 0.29) is 66.9 Å². The number of para-hydroxylation sites is 1. The molecule has 2 aliphatic heterocycles. The highest BCUT2D eigenvalue weighted by Gasteiger charge is 2.33. The summed E-state index contributed by atoms with van der Waals surface area (Å²) >= 11 is 0.